The summed E-state index contributed by atoms with van der Waals surface area (Å²) < 4.78 is 22.3. The predicted molar refractivity (Wildman–Crippen MR) is 71.0 cm³/mol. The number of sulfone groups is 1. The lowest BCUT2D eigenvalue weighted by Gasteiger charge is -2.14. The summed E-state index contributed by atoms with van der Waals surface area (Å²) in [5, 5.41) is 5.19. The van der Waals surface area contributed by atoms with Crippen LogP contribution in [0.3, 0.4) is 0 Å². The SMILES string of the molecule is CC(CS(C)(=O)=O)Nc1ccc2c(c1)C(=O)NC2=O. The molecule has 1 aliphatic heterocycles. The zero-order valence-corrected chi connectivity index (χ0v) is 11.4. The summed E-state index contributed by atoms with van der Waals surface area (Å²) in [6.07, 6.45) is 1.17. The van der Waals surface area contributed by atoms with Crippen LogP contribution in [0.1, 0.15) is 27.6 Å². The van der Waals surface area contributed by atoms with Crippen molar-refractivity contribution in [1.82, 2.24) is 5.32 Å². The van der Waals surface area contributed by atoms with Gasteiger partial charge in [0.15, 0.2) is 0 Å². The van der Waals surface area contributed by atoms with E-state index in [1.165, 1.54) is 6.26 Å². The number of anilines is 1. The number of carbonyl (C=O) groups excluding carboxylic acids is 2. The van der Waals surface area contributed by atoms with E-state index in [2.05, 4.69) is 10.6 Å². The fourth-order valence-corrected chi connectivity index (χ4v) is 3.03. The largest absolute Gasteiger partial charge is 0.382 e. The topological polar surface area (TPSA) is 92.3 Å². The lowest BCUT2D eigenvalue weighted by Crippen LogP contribution is -2.25. The molecule has 0 aliphatic carbocycles. The molecule has 2 N–H and O–H groups in total. The lowest BCUT2D eigenvalue weighted by molar-refractivity contribution is 0.0879. The molecule has 0 spiro atoms. The third-order valence-corrected chi connectivity index (χ3v) is 3.81. The van der Waals surface area contributed by atoms with Crippen LogP contribution in [0.15, 0.2) is 18.2 Å². The molecule has 0 aromatic heterocycles. The Kier molecular flexibility index (Phi) is 3.32. The number of hydrogen-bond donors (Lipinski definition) is 2. The molecule has 1 unspecified atom stereocenters. The van der Waals surface area contributed by atoms with E-state index in [-0.39, 0.29) is 11.8 Å². The van der Waals surface area contributed by atoms with E-state index in [0.717, 1.165) is 0 Å². The van der Waals surface area contributed by atoms with Crippen molar-refractivity contribution < 1.29 is 18.0 Å². The van der Waals surface area contributed by atoms with Crippen LogP contribution in [0.25, 0.3) is 0 Å². The third kappa shape index (κ3) is 3.11. The molecular weight excluding hydrogens is 268 g/mol. The molecule has 1 aliphatic rings. The fourth-order valence-electron chi connectivity index (χ4n) is 2.04. The number of fused-ring (bicyclic) bond motifs is 1. The summed E-state index contributed by atoms with van der Waals surface area (Å²) in [5.41, 5.74) is 1.26. The monoisotopic (exact) mass is 282 g/mol. The number of benzene rings is 1. The minimum absolute atomic E-state index is 0.00475. The Morgan fingerprint density at radius 2 is 1.84 bits per heavy atom. The highest BCUT2D eigenvalue weighted by atomic mass is 32.2. The second-order valence-corrected chi connectivity index (χ2v) is 6.87. The van der Waals surface area contributed by atoms with E-state index in [1.807, 2.05) is 0 Å². The second-order valence-electron chi connectivity index (χ2n) is 4.68. The highest BCUT2D eigenvalue weighted by molar-refractivity contribution is 7.90. The first-order chi connectivity index (χ1) is 8.76. The van der Waals surface area contributed by atoms with E-state index < -0.39 is 21.7 Å². The molecule has 7 heteroatoms. The summed E-state index contributed by atoms with van der Waals surface area (Å²) in [6, 6.07) is 4.46. The first-order valence-electron chi connectivity index (χ1n) is 5.70. The molecule has 1 atom stereocenters. The molecule has 0 fully saturated rings. The van der Waals surface area contributed by atoms with Gasteiger partial charge >= 0.3 is 0 Å². The standard InChI is InChI=1S/C12H14N2O4S/c1-7(6-19(2,17)18)13-8-3-4-9-10(5-8)12(16)14-11(9)15/h3-5,7,13H,6H2,1-2H3,(H,14,15,16). The molecule has 2 rings (SSSR count). The van der Waals surface area contributed by atoms with E-state index in [9.17, 15) is 18.0 Å². The molecular formula is C12H14N2O4S. The van der Waals surface area contributed by atoms with Gasteiger partial charge in [0.25, 0.3) is 11.8 Å². The molecule has 6 nitrogen and oxygen atoms in total. The van der Waals surface area contributed by atoms with Gasteiger partial charge in [-0.05, 0) is 25.1 Å². The number of amides is 2. The van der Waals surface area contributed by atoms with Gasteiger partial charge in [0.05, 0.1) is 16.9 Å². The first kappa shape index (κ1) is 13.5. The molecule has 0 saturated carbocycles. The van der Waals surface area contributed by atoms with Crippen LogP contribution in [0, 0.1) is 0 Å². The summed E-state index contributed by atoms with van der Waals surface area (Å²) in [5.74, 6) is -0.843. The van der Waals surface area contributed by atoms with Crippen LogP contribution in [0.2, 0.25) is 0 Å². The van der Waals surface area contributed by atoms with Crippen LogP contribution >= 0.6 is 0 Å². The Labute approximate surface area is 111 Å². The average Bonchev–Trinajstić information content (AvgIpc) is 2.51. The lowest BCUT2D eigenvalue weighted by atomic mass is 10.1. The van der Waals surface area contributed by atoms with Gasteiger partial charge < -0.3 is 5.32 Å². The Morgan fingerprint density at radius 1 is 1.21 bits per heavy atom. The Morgan fingerprint density at radius 3 is 2.47 bits per heavy atom. The Balaban J connectivity index is 2.18. The van der Waals surface area contributed by atoms with Gasteiger partial charge in [-0.1, -0.05) is 0 Å². The van der Waals surface area contributed by atoms with Crippen molar-refractivity contribution in [3.05, 3.63) is 29.3 Å². The number of imide groups is 1. The molecule has 1 aromatic carbocycles. The summed E-state index contributed by atoms with van der Waals surface area (Å²) in [6.45, 7) is 1.74. The molecule has 19 heavy (non-hydrogen) atoms. The molecule has 0 radical (unpaired) electrons. The quantitative estimate of drug-likeness (QED) is 0.781. The highest BCUT2D eigenvalue weighted by Crippen LogP contribution is 2.20. The molecule has 1 aromatic rings. The zero-order valence-electron chi connectivity index (χ0n) is 10.6. The molecule has 1 heterocycles. The number of rotatable bonds is 4. The summed E-state index contributed by atoms with van der Waals surface area (Å²) in [4.78, 5) is 22.9. The van der Waals surface area contributed by atoms with E-state index in [0.29, 0.717) is 16.8 Å². The van der Waals surface area contributed by atoms with Crippen molar-refractivity contribution in [3.8, 4) is 0 Å². The van der Waals surface area contributed by atoms with Gasteiger partial charge in [-0.25, -0.2) is 8.42 Å². The van der Waals surface area contributed by atoms with Crippen LogP contribution in [-0.4, -0.2) is 38.3 Å². The molecule has 0 bridgehead atoms. The van der Waals surface area contributed by atoms with Crippen molar-refractivity contribution in [2.24, 2.45) is 0 Å². The highest BCUT2D eigenvalue weighted by Gasteiger charge is 2.26. The summed E-state index contributed by atoms with van der Waals surface area (Å²) in [7, 11) is -3.07. The van der Waals surface area contributed by atoms with Crippen molar-refractivity contribution in [3.63, 3.8) is 0 Å². The van der Waals surface area contributed by atoms with Gasteiger partial charge in [-0.15, -0.1) is 0 Å². The normalized spacial score (nSPS) is 15.9. The zero-order chi connectivity index (χ0) is 14.2. The molecule has 2 amide bonds. The maximum atomic E-state index is 11.5. The van der Waals surface area contributed by atoms with Gasteiger partial charge in [-0.3, -0.25) is 14.9 Å². The predicted octanol–water partition coefficient (Wildman–Crippen LogP) is 0.415. The van der Waals surface area contributed by atoms with Crippen molar-refractivity contribution in [2.75, 3.05) is 17.3 Å². The fraction of sp³-hybridized carbons (Fsp3) is 0.333. The van der Waals surface area contributed by atoms with Crippen LogP contribution in [0.4, 0.5) is 5.69 Å². The number of hydrogen-bond acceptors (Lipinski definition) is 5. The maximum absolute atomic E-state index is 11.5. The van der Waals surface area contributed by atoms with Crippen LogP contribution < -0.4 is 10.6 Å². The second kappa shape index (κ2) is 4.65. The molecule has 0 saturated heterocycles. The van der Waals surface area contributed by atoms with Crippen LogP contribution in [0.5, 0.6) is 0 Å². The maximum Gasteiger partial charge on any atom is 0.259 e. The Bertz CT molecular complexity index is 652. The first-order valence-corrected chi connectivity index (χ1v) is 7.76. The van der Waals surface area contributed by atoms with Gasteiger partial charge in [0, 0.05) is 18.0 Å². The van der Waals surface area contributed by atoms with Crippen molar-refractivity contribution in [1.29, 1.82) is 0 Å². The van der Waals surface area contributed by atoms with Gasteiger partial charge in [0.1, 0.15) is 9.84 Å². The number of nitrogens with one attached hydrogen (secondary N) is 2. The minimum Gasteiger partial charge on any atom is -0.382 e. The van der Waals surface area contributed by atoms with E-state index in [4.69, 9.17) is 0 Å². The molecule has 102 valence electrons. The van der Waals surface area contributed by atoms with Crippen molar-refractivity contribution >= 4 is 27.3 Å². The number of carbonyl (C=O) groups is 2. The van der Waals surface area contributed by atoms with Gasteiger partial charge in [-0.2, -0.15) is 0 Å². The third-order valence-electron chi connectivity index (χ3n) is 2.70. The summed E-state index contributed by atoms with van der Waals surface area (Å²) >= 11 is 0. The van der Waals surface area contributed by atoms with Gasteiger partial charge in [0.2, 0.25) is 0 Å². The minimum atomic E-state index is -3.07. The van der Waals surface area contributed by atoms with Crippen LogP contribution in [-0.2, 0) is 9.84 Å². The smallest absolute Gasteiger partial charge is 0.259 e. The van der Waals surface area contributed by atoms with E-state index >= 15 is 0 Å². The van der Waals surface area contributed by atoms with Crippen molar-refractivity contribution in [2.45, 2.75) is 13.0 Å². The average molecular weight is 282 g/mol. The van der Waals surface area contributed by atoms with E-state index in [1.54, 1.807) is 25.1 Å². The Hall–Kier alpha value is -1.89.